The summed E-state index contributed by atoms with van der Waals surface area (Å²) in [6.45, 7) is 5.55. The third-order valence-electron chi connectivity index (χ3n) is 4.17. The topological polar surface area (TPSA) is 66.1 Å². The summed E-state index contributed by atoms with van der Waals surface area (Å²) in [6, 6.07) is 7.58. The number of aromatic amines is 1. The van der Waals surface area contributed by atoms with Crippen molar-refractivity contribution in [1.29, 1.82) is 0 Å². The Morgan fingerprint density at radius 1 is 1.14 bits per heavy atom. The molecule has 1 amide bonds. The standard InChI is InChI=1S/C17H19N3O2/c1-11-5-6-13(9-12(11)2)14-10-15(19-17(22)18-14)16(21)20-7-3-4-8-20/h5-6,9-10H,3-4,7-8H2,1-2H3,(H,18,19,22). The number of rotatable bonds is 2. The number of likely N-dealkylation sites (tertiary alicyclic amines) is 1. The van der Waals surface area contributed by atoms with Crippen LogP contribution in [0, 0.1) is 13.8 Å². The molecular weight excluding hydrogens is 278 g/mol. The number of nitrogens with zero attached hydrogens (tertiary/aromatic N) is 2. The molecule has 2 heterocycles. The van der Waals surface area contributed by atoms with Gasteiger partial charge in [0.2, 0.25) is 0 Å². The quantitative estimate of drug-likeness (QED) is 0.925. The van der Waals surface area contributed by atoms with Crippen molar-refractivity contribution in [1.82, 2.24) is 14.9 Å². The summed E-state index contributed by atoms with van der Waals surface area (Å²) in [7, 11) is 0. The van der Waals surface area contributed by atoms with Crippen LogP contribution in [0.25, 0.3) is 11.3 Å². The molecule has 2 aromatic rings. The molecule has 114 valence electrons. The largest absolute Gasteiger partial charge is 0.346 e. The Labute approximate surface area is 129 Å². The van der Waals surface area contributed by atoms with Crippen molar-refractivity contribution in [3.8, 4) is 11.3 Å². The zero-order valence-corrected chi connectivity index (χ0v) is 12.8. The molecule has 0 atom stereocenters. The fourth-order valence-corrected chi connectivity index (χ4v) is 2.71. The van der Waals surface area contributed by atoms with Crippen LogP contribution in [0.1, 0.15) is 34.5 Å². The summed E-state index contributed by atoms with van der Waals surface area (Å²) >= 11 is 0. The molecule has 1 aromatic carbocycles. The predicted molar refractivity (Wildman–Crippen MR) is 84.9 cm³/mol. The van der Waals surface area contributed by atoms with Crippen molar-refractivity contribution in [3.63, 3.8) is 0 Å². The molecule has 1 fully saturated rings. The molecule has 1 saturated heterocycles. The lowest BCUT2D eigenvalue weighted by Gasteiger charge is -2.15. The number of nitrogens with one attached hydrogen (secondary N) is 1. The fraction of sp³-hybridized carbons (Fsp3) is 0.353. The van der Waals surface area contributed by atoms with Crippen molar-refractivity contribution in [2.75, 3.05) is 13.1 Å². The maximum Gasteiger partial charge on any atom is 0.346 e. The second-order valence-electron chi connectivity index (χ2n) is 5.78. The van der Waals surface area contributed by atoms with Gasteiger partial charge in [-0.2, -0.15) is 4.98 Å². The van der Waals surface area contributed by atoms with E-state index in [9.17, 15) is 9.59 Å². The first-order valence-corrected chi connectivity index (χ1v) is 7.53. The molecule has 3 rings (SSSR count). The number of carbonyl (C=O) groups excluding carboxylic acids is 1. The highest BCUT2D eigenvalue weighted by Gasteiger charge is 2.21. The van der Waals surface area contributed by atoms with Gasteiger partial charge in [-0.25, -0.2) is 4.79 Å². The number of carbonyl (C=O) groups is 1. The van der Waals surface area contributed by atoms with Gasteiger partial charge in [0, 0.05) is 18.7 Å². The lowest BCUT2D eigenvalue weighted by molar-refractivity contribution is 0.0786. The van der Waals surface area contributed by atoms with E-state index in [1.54, 1.807) is 11.0 Å². The van der Waals surface area contributed by atoms with E-state index in [2.05, 4.69) is 9.97 Å². The van der Waals surface area contributed by atoms with Gasteiger partial charge < -0.3 is 9.88 Å². The van der Waals surface area contributed by atoms with Crippen LogP contribution in [0.2, 0.25) is 0 Å². The smallest absolute Gasteiger partial charge is 0.337 e. The zero-order valence-electron chi connectivity index (χ0n) is 12.8. The van der Waals surface area contributed by atoms with Crippen LogP contribution in [0.4, 0.5) is 0 Å². The SMILES string of the molecule is Cc1ccc(-c2cc(C(=O)N3CCCC3)[nH]c(=O)n2)cc1C. The van der Waals surface area contributed by atoms with E-state index in [1.807, 2.05) is 32.0 Å². The fourth-order valence-electron chi connectivity index (χ4n) is 2.71. The van der Waals surface area contributed by atoms with Crippen molar-refractivity contribution >= 4 is 5.91 Å². The molecular formula is C17H19N3O2. The van der Waals surface area contributed by atoms with Gasteiger partial charge in [-0.15, -0.1) is 0 Å². The molecule has 5 nitrogen and oxygen atoms in total. The molecule has 0 saturated carbocycles. The molecule has 1 aliphatic rings. The van der Waals surface area contributed by atoms with Crippen molar-refractivity contribution in [2.24, 2.45) is 0 Å². The van der Waals surface area contributed by atoms with Gasteiger partial charge in [0.15, 0.2) is 0 Å². The third kappa shape index (κ3) is 2.79. The highest BCUT2D eigenvalue weighted by Crippen LogP contribution is 2.20. The first-order valence-electron chi connectivity index (χ1n) is 7.53. The van der Waals surface area contributed by atoms with Crippen LogP contribution in [-0.4, -0.2) is 33.9 Å². The number of amides is 1. The minimum Gasteiger partial charge on any atom is -0.337 e. The highest BCUT2D eigenvalue weighted by molar-refractivity contribution is 5.93. The van der Waals surface area contributed by atoms with E-state index < -0.39 is 5.69 Å². The van der Waals surface area contributed by atoms with Crippen LogP contribution in [0.5, 0.6) is 0 Å². The monoisotopic (exact) mass is 297 g/mol. The summed E-state index contributed by atoms with van der Waals surface area (Å²) in [5.41, 5.74) is 3.53. The Bertz CT molecular complexity index is 774. The van der Waals surface area contributed by atoms with E-state index in [4.69, 9.17) is 0 Å². The molecule has 0 unspecified atom stereocenters. The molecule has 0 radical (unpaired) electrons. The molecule has 5 heteroatoms. The lowest BCUT2D eigenvalue weighted by Crippen LogP contribution is -2.30. The van der Waals surface area contributed by atoms with Gasteiger partial charge in [-0.3, -0.25) is 4.79 Å². The minimum absolute atomic E-state index is 0.123. The number of benzene rings is 1. The van der Waals surface area contributed by atoms with E-state index >= 15 is 0 Å². The van der Waals surface area contributed by atoms with E-state index in [0.29, 0.717) is 11.4 Å². The zero-order chi connectivity index (χ0) is 15.7. The highest BCUT2D eigenvalue weighted by atomic mass is 16.2. The predicted octanol–water partition coefficient (Wildman–Crippen LogP) is 2.29. The Balaban J connectivity index is 2.00. The van der Waals surface area contributed by atoms with Crippen molar-refractivity contribution < 1.29 is 4.79 Å². The lowest BCUT2D eigenvalue weighted by atomic mass is 10.0. The average Bonchev–Trinajstić information content (AvgIpc) is 3.03. The number of aryl methyl sites for hydroxylation is 2. The van der Waals surface area contributed by atoms with E-state index in [-0.39, 0.29) is 5.91 Å². The average molecular weight is 297 g/mol. The van der Waals surface area contributed by atoms with Gasteiger partial charge >= 0.3 is 5.69 Å². The van der Waals surface area contributed by atoms with Crippen LogP contribution in [-0.2, 0) is 0 Å². The Morgan fingerprint density at radius 3 is 2.55 bits per heavy atom. The van der Waals surface area contributed by atoms with Crippen LogP contribution >= 0.6 is 0 Å². The molecule has 0 spiro atoms. The van der Waals surface area contributed by atoms with Crippen LogP contribution in [0.3, 0.4) is 0 Å². The minimum atomic E-state index is -0.488. The Hall–Kier alpha value is -2.43. The van der Waals surface area contributed by atoms with Crippen molar-refractivity contribution in [2.45, 2.75) is 26.7 Å². The summed E-state index contributed by atoms with van der Waals surface area (Å²) in [5, 5.41) is 0. The maximum absolute atomic E-state index is 12.4. The number of hydrogen-bond acceptors (Lipinski definition) is 3. The van der Waals surface area contributed by atoms with Gasteiger partial charge in [0.05, 0.1) is 5.69 Å². The van der Waals surface area contributed by atoms with Gasteiger partial charge in [-0.1, -0.05) is 12.1 Å². The second kappa shape index (κ2) is 5.75. The summed E-state index contributed by atoms with van der Waals surface area (Å²) in [5.74, 6) is -0.123. The number of aromatic nitrogens is 2. The van der Waals surface area contributed by atoms with Crippen molar-refractivity contribution in [3.05, 3.63) is 51.6 Å². The molecule has 1 N–H and O–H groups in total. The van der Waals surface area contributed by atoms with Crippen LogP contribution < -0.4 is 5.69 Å². The Morgan fingerprint density at radius 2 is 1.86 bits per heavy atom. The van der Waals surface area contributed by atoms with Gasteiger partial charge in [0.1, 0.15) is 5.69 Å². The maximum atomic E-state index is 12.4. The van der Waals surface area contributed by atoms with Gasteiger partial charge in [-0.05, 0) is 49.9 Å². The normalized spacial score (nSPS) is 14.4. The molecule has 0 aliphatic carbocycles. The molecule has 1 aromatic heterocycles. The van der Waals surface area contributed by atoms with Crippen LogP contribution in [0.15, 0.2) is 29.1 Å². The summed E-state index contributed by atoms with van der Waals surface area (Å²) in [6.07, 6.45) is 2.04. The second-order valence-corrected chi connectivity index (χ2v) is 5.78. The molecule has 0 bridgehead atoms. The number of hydrogen-bond donors (Lipinski definition) is 1. The van der Waals surface area contributed by atoms with E-state index in [1.165, 1.54) is 5.56 Å². The molecule has 22 heavy (non-hydrogen) atoms. The Kier molecular flexibility index (Phi) is 3.79. The third-order valence-corrected chi connectivity index (χ3v) is 4.17. The van der Waals surface area contributed by atoms with E-state index in [0.717, 1.165) is 37.1 Å². The van der Waals surface area contributed by atoms with Gasteiger partial charge in [0.25, 0.3) is 5.91 Å². The summed E-state index contributed by atoms with van der Waals surface area (Å²) < 4.78 is 0. The first kappa shape index (κ1) is 14.5. The summed E-state index contributed by atoms with van der Waals surface area (Å²) in [4.78, 5) is 32.6. The first-order chi connectivity index (χ1) is 10.5. The number of H-pyrrole nitrogens is 1. The molecule has 1 aliphatic heterocycles.